The molecule has 4 heterocycles. The molecule has 16 heteroatoms. The first kappa shape index (κ1) is 38.7. The Labute approximate surface area is 308 Å². The van der Waals surface area contributed by atoms with Gasteiger partial charge in [0.25, 0.3) is 0 Å². The molecule has 16 nitrogen and oxygen atoms in total. The normalized spacial score (nSPS) is 19.7. The van der Waals surface area contributed by atoms with Crippen molar-refractivity contribution in [3.05, 3.63) is 70.8 Å². The number of imidazole rings is 2. The average Bonchev–Trinajstić information content (AvgIpc) is 4.00. The van der Waals surface area contributed by atoms with Crippen LogP contribution in [0.15, 0.2) is 36.7 Å². The van der Waals surface area contributed by atoms with E-state index in [1.54, 1.807) is 36.0 Å². The average molecular weight is 733 g/mol. The van der Waals surface area contributed by atoms with Gasteiger partial charge >= 0.3 is 12.2 Å². The highest BCUT2D eigenvalue weighted by atomic mass is 16.5. The minimum atomic E-state index is -1.29. The predicted octanol–water partition coefficient (Wildman–Crippen LogP) is 4.23. The Morgan fingerprint density at radius 2 is 1.19 bits per heavy atom. The largest absolute Gasteiger partial charge is 0.465 e. The monoisotopic (exact) mass is 732 g/mol. The smallest absolute Gasteiger partial charge is 0.407 e. The van der Waals surface area contributed by atoms with Crippen molar-refractivity contribution >= 4 is 48.3 Å². The number of alkyl carbamates (subject to hydrolysis) is 1. The summed E-state index contributed by atoms with van der Waals surface area (Å²) >= 11 is 0. The number of rotatable bonds is 14. The molecule has 2 fully saturated rings. The van der Waals surface area contributed by atoms with Gasteiger partial charge in [-0.3, -0.25) is 9.59 Å². The molecule has 0 spiro atoms. The van der Waals surface area contributed by atoms with E-state index >= 15 is 0 Å². The van der Waals surface area contributed by atoms with Gasteiger partial charge in [0.05, 0.1) is 55.2 Å². The zero-order valence-corrected chi connectivity index (χ0v) is 30.6. The van der Waals surface area contributed by atoms with Gasteiger partial charge in [-0.05, 0) is 62.8 Å². The first-order valence-corrected chi connectivity index (χ1v) is 17.6. The van der Waals surface area contributed by atoms with Gasteiger partial charge in [0.15, 0.2) is 0 Å². The summed E-state index contributed by atoms with van der Waals surface area (Å²) in [6.07, 6.45) is 11.1. The van der Waals surface area contributed by atoms with Crippen molar-refractivity contribution in [1.29, 1.82) is 0 Å². The van der Waals surface area contributed by atoms with Gasteiger partial charge in [-0.2, -0.15) is 0 Å². The van der Waals surface area contributed by atoms with Crippen LogP contribution >= 0.6 is 0 Å². The summed E-state index contributed by atoms with van der Waals surface area (Å²) in [6.45, 7) is 4.42. The van der Waals surface area contributed by atoms with E-state index in [0.29, 0.717) is 31.2 Å². The van der Waals surface area contributed by atoms with Gasteiger partial charge in [0.1, 0.15) is 23.7 Å². The van der Waals surface area contributed by atoms with Crippen molar-refractivity contribution in [2.45, 2.75) is 75.9 Å². The van der Waals surface area contributed by atoms with Crippen molar-refractivity contribution in [3.8, 4) is 0 Å². The number of nitrogens with zero attached hydrogens (tertiary/aromatic N) is 4. The number of carbonyl (C=O) groups excluding carboxylic acids is 3. The molecule has 2 aliphatic rings. The van der Waals surface area contributed by atoms with E-state index in [4.69, 9.17) is 14.2 Å². The number of hydrogen-bond donors (Lipinski definition) is 5. The molecule has 0 radical (unpaired) electrons. The highest BCUT2D eigenvalue weighted by Gasteiger charge is 2.40. The Balaban J connectivity index is 1.18. The van der Waals surface area contributed by atoms with Crippen LogP contribution < -0.4 is 10.6 Å². The Kier molecular flexibility index (Phi) is 13.0. The van der Waals surface area contributed by atoms with Crippen LogP contribution in [0.1, 0.15) is 85.8 Å². The molecule has 0 aliphatic carbocycles. The van der Waals surface area contributed by atoms with E-state index in [-0.39, 0.29) is 23.9 Å². The summed E-state index contributed by atoms with van der Waals surface area (Å²) in [5.41, 5.74) is 3.52. The summed E-state index contributed by atoms with van der Waals surface area (Å²) in [6, 6.07) is 5.52. The van der Waals surface area contributed by atoms with Crippen molar-refractivity contribution < 1.29 is 38.5 Å². The number of hydrogen-bond acceptors (Lipinski definition) is 9. The second kappa shape index (κ2) is 17.8. The summed E-state index contributed by atoms with van der Waals surface area (Å²) in [5, 5.41) is 14.2. The number of aromatic amines is 2. The van der Waals surface area contributed by atoms with Gasteiger partial charge in [0.2, 0.25) is 11.8 Å². The van der Waals surface area contributed by atoms with Crippen LogP contribution in [-0.4, -0.2) is 118 Å². The lowest BCUT2D eigenvalue weighted by molar-refractivity contribution is -0.138. The van der Waals surface area contributed by atoms with Gasteiger partial charge < -0.3 is 49.7 Å². The van der Waals surface area contributed by atoms with Crippen molar-refractivity contribution in [2.75, 3.05) is 34.4 Å². The fourth-order valence-electron chi connectivity index (χ4n) is 6.64. The molecule has 1 aromatic carbocycles. The Morgan fingerprint density at radius 3 is 1.58 bits per heavy atom. The number of likely N-dealkylation sites (tertiary alicyclic amines) is 2. The van der Waals surface area contributed by atoms with Gasteiger partial charge in [-0.1, -0.05) is 36.4 Å². The van der Waals surface area contributed by atoms with Crippen molar-refractivity contribution in [1.82, 2.24) is 40.4 Å². The fraction of sp³-hybridized carbons (Fsp3) is 0.459. The van der Waals surface area contributed by atoms with Crippen molar-refractivity contribution in [3.63, 3.8) is 0 Å². The lowest BCUT2D eigenvalue weighted by atomic mass is 10.1. The van der Waals surface area contributed by atoms with Gasteiger partial charge in [0, 0.05) is 27.3 Å². The third kappa shape index (κ3) is 9.50. The lowest BCUT2D eigenvalue weighted by Gasteiger charge is -2.30. The maximum Gasteiger partial charge on any atom is 0.407 e. The Hall–Kier alpha value is -5.48. The van der Waals surface area contributed by atoms with E-state index in [1.165, 1.54) is 21.3 Å². The first-order chi connectivity index (χ1) is 25.5. The molecule has 5 rings (SSSR count). The maximum atomic E-state index is 13.5. The van der Waals surface area contributed by atoms with Crippen molar-refractivity contribution in [2.24, 2.45) is 0 Å². The van der Waals surface area contributed by atoms with Crippen LogP contribution in [0, 0.1) is 0 Å². The number of aromatic nitrogens is 4. The fourth-order valence-corrected chi connectivity index (χ4v) is 6.64. The Morgan fingerprint density at radius 1 is 0.755 bits per heavy atom. The molecule has 0 unspecified atom stereocenters. The molecule has 3 aromatic rings. The zero-order valence-electron chi connectivity index (χ0n) is 30.6. The van der Waals surface area contributed by atoms with E-state index in [2.05, 4.69) is 30.6 Å². The number of methoxy groups -OCH3 is 3. The molecule has 5 N–H and O–H groups in total. The van der Waals surface area contributed by atoms with E-state index in [0.717, 1.165) is 41.8 Å². The molecule has 2 aliphatic heterocycles. The number of ether oxygens (including phenoxy) is 3. The standard InChI is InChI=1S/C37H48N8O8/c1-22(51-3)30(42-36(48)49)34(46)44-18-6-8-28(44)32-38-20-26(40-32)16-14-24-10-12-25(13-11-24)15-17-27-21-39-33(41-27)29-9-7-19-45(29)35(47)31(23(2)52-4)43-37(50)53-5/h10-17,20-23,28-31,42H,6-9,18-19H2,1-5H3,(H,38,40)(H,39,41)(H,43,50)(H,48,49)/t22-,23-,28+,29+,30+,31+/m1/s1. The highest BCUT2D eigenvalue weighted by molar-refractivity contribution is 5.87. The van der Waals surface area contributed by atoms with Crippen LogP contribution in [0.2, 0.25) is 0 Å². The van der Waals surface area contributed by atoms with Crippen LogP contribution in [0.3, 0.4) is 0 Å². The van der Waals surface area contributed by atoms with E-state index in [1.807, 2.05) is 48.6 Å². The topological polar surface area (TPSA) is 204 Å². The molecule has 284 valence electrons. The highest BCUT2D eigenvalue weighted by Crippen LogP contribution is 2.32. The maximum absolute atomic E-state index is 13.5. The number of benzene rings is 1. The lowest BCUT2D eigenvalue weighted by Crippen LogP contribution is -2.54. The minimum Gasteiger partial charge on any atom is -0.465 e. The number of nitrogens with one attached hydrogen (secondary N) is 4. The summed E-state index contributed by atoms with van der Waals surface area (Å²) in [5.74, 6) is 0.718. The van der Waals surface area contributed by atoms with Crippen LogP contribution in [0.25, 0.3) is 24.3 Å². The van der Waals surface area contributed by atoms with Crippen LogP contribution in [-0.2, 0) is 23.8 Å². The quantitative estimate of drug-likeness (QED) is 0.160. The number of H-pyrrole nitrogens is 2. The molecule has 6 atom stereocenters. The minimum absolute atomic E-state index is 0.256. The predicted molar refractivity (Wildman–Crippen MR) is 196 cm³/mol. The van der Waals surface area contributed by atoms with E-state index < -0.39 is 36.5 Å². The number of amides is 4. The summed E-state index contributed by atoms with van der Waals surface area (Å²) in [4.78, 5) is 69.2. The third-order valence-corrected chi connectivity index (χ3v) is 9.73. The van der Waals surface area contributed by atoms with E-state index in [9.17, 15) is 24.3 Å². The van der Waals surface area contributed by atoms with Crippen LogP contribution in [0.4, 0.5) is 9.59 Å². The molecule has 4 amide bonds. The summed E-state index contributed by atoms with van der Waals surface area (Å²) < 4.78 is 15.3. The van der Waals surface area contributed by atoms with Crippen LogP contribution in [0.5, 0.6) is 0 Å². The molecular weight excluding hydrogens is 684 g/mol. The number of carbonyl (C=O) groups is 4. The molecule has 53 heavy (non-hydrogen) atoms. The summed E-state index contributed by atoms with van der Waals surface area (Å²) in [7, 11) is 4.18. The Bertz CT molecular complexity index is 1790. The van der Waals surface area contributed by atoms with Gasteiger partial charge in [-0.15, -0.1) is 0 Å². The second-order valence-electron chi connectivity index (χ2n) is 13.1. The SMILES string of the molecule is COC(=O)N[C@H](C(=O)N1CCC[C@H]1c1ncc(C=Cc2ccc(C=Cc3cnc([C@@H]4CCCN4C(=O)[C@@H](NC(=O)O)[C@@H](C)OC)[nH]3)cc2)[nH]1)[C@@H](C)OC. The van der Waals surface area contributed by atoms with Gasteiger partial charge in [-0.25, -0.2) is 19.6 Å². The molecule has 2 aromatic heterocycles. The number of carboxylic acid groups (broad SMARTS) is 1. The molecule has 0 saturated carbocycles. The zero-order chi connectivity index (χ0) is 38.1. The molecular formula is C37H48N8O8. The third-order valence-electron chi connectivity index (χ3n) is 9.73. The second-order valence-corrected chi connectivity index (χ2v) is 13.1. The molecule has 0 bridgehead atoms. The molecule has 2 saturated heterocycles. The first-order valence-electron chi connectivity index (χ1n) is 17.6.